The highest BCUT2D eigenvalue weighted by Crippen LogP contribution is 2.34. The molecule has 0 heterocycles. The summed E-state index contributed by atoms with van der Waals surface area (Å²) in [5.41, 5.74) is 2.39. The monoisotopic (exact) mass is 375 g/mol. The van der Waals surface area contributed by atoms with E-state index in [1.807, 2.05) is 36.4 Å². The number of carbonyl (C=O) groups excluding carboxylic acids is 1. The maximum absolute atomic E-state index is 12.1. The van der Waals surface area contributed by atoms with Crippen LogP contribution in [-0.4, -0.2) is 12.5 Å². The van der Waals surface area contributed by atoms with E-state index < -0.39 is 0 Å². The highest BCUT2D eigenvalue weighted by Gasteiger charge is 2.26. The predicted molar refractivity (Wildman–Crippen MR) is 104 cm³/mol. The second-order valence-electron chi connectivity index (χ2n) is 6.95. The SMILES string of the molecule is CC(c1ccc(Cl)cc1)C(CNC(=O)CC1CC1)c1ccc(Cl)cc1. The first kappa shape index (κ1) is 18.3. The molecule has 25 heavy (non-hydrogen) atoms. The molecule has 1 saturated carbocycles. The Morgan fingerprint density at radius 2 is 1.52 bits per heavy atom. The van der Waals surface area contributed by atoms with Gasteiger partial charge < -0.3 is 5.32 Å². The zero-order valence-corrected chi connectivity index (χ0v) is 15.9. The van der Waals surface area contributed by atoms with Gasteiger partial charge in [0.05, 0.1) is 0 Å². The van der Waals surface area contributed by atoms with Gasteiger partial charge in [-0.3, -0.25) is 4.79 Å². The number of benzene rings is 2. The van der Waals surface area contributed by atoms with Crippen molar-refractivity contribution in [3.63, 3.8) is 0 Å². The van der Waals surface area contributed by atoms with Gasteiger partial charge in [-0.1, -0.05) is 54.4 Å². The maximum Gasteiger partial charge on any atom is 0.220 e. The van der Waals surface area contributed by atoms with Crippen LogP contribution in [0, 0.1) is 5.92 Å². The van der Waals surface area contributed by atoms with Gasteiger partial charge >= 0.3 is 0 Å². The highest BCUT2D eigenvalue weighted by atomic mass is 35.5. The van der Waals surface area contributed by atoms with Crippen molar-refractivity contribution in [1.82, 2.24) is 5.32 Å². The van der Waals surface area contributed by atoms with Gasteiger partial charge in [-0.15, -0.1) is 0 Å². The van der Waals surface area contributed by atoms with E-state index >= 15 is 0 Å². The van der Waals surface area contributed by atoms with Crippen molar-refractivity contribution in [3.8, 4) is 0 Å². The molecule has 0 saturated heterocycles. The molecule has 3 rings (SSSR count). The summed E-state index contributed by atoms with van der Waals surface area (Å²) in [5, 5.41) is 4.59. The number of carbonyl (C=O) groups is 1. The molecule has 1 fully saturated rings. The Hall–Kier alpha value is -1.51. The molecule has 132 valence electrons. The van der Waals surface area contributed by atoms with Crippen molar-refractivity contribution in [2.24, 2.45) is 5.92 Å². The summed E-state index contributed by atoms with van der Waals surface area (Å²) in [6.45, 7) is 2.81. The first-order valence-electron chi connectivity index (χ1n) is 8.80. The first-order chi connectivity index (χ1) is 12.0. The molecule has 2 atom stereocenters. The highest BCUT2D eigenvalue weighted by molar-refractivity contribution is 6.30. The lowest BCUT2D eigenvalue weighted by atomic mass is 9.82. The maximum atomic E-state index is 12.1. The van der Waals surface area contributed by atoms with Crippen LogP contribution in [-0.2, 0) is 4.79 Å². The third-order valence-electron chi connectivity index (χ3n) is 4.99. The fourth-order valence-corrected chi connectivity index (χ4v) is 3.42. The van der Waals surface area contributed by atoms with Gasteiger partial charge in [-0.05, 0) is 60.1 Å². The number of nitrogens with one attached hydrogen (secondary N) is 1. The summed E-state index contributed by atoms with van der Waals surface area (Å²) in [4.78, 5) is 12.1. The van der Waals surface area contributed by atoms with E-state index in [2.05, 4.69) is 24.4 Å². The van der Waals surface area contributed by atoms with Gasteiger partial charge in [0.25, 0.3) is 0 Å². The van der Waals surface area contributed by atoms with Gasteiger partial charge in [-0.2, -0.15) is 0 Å². The lowest BCUT2D eigenvalue weighted by molar-refractivity contribution is -0.121. The van der Waals surface area contributed by atoms with E-state index in [1.54, 1.807) is 0 Å². The molecule has 1 aliphatic rings. The molecule has 2 nitrogen and oxygen atoms in total. The Morgan fingerprint density at radius 3 is 2.04 bits per heavy atom. The fourth-order valence-electron chi connectivity index (χ4n) is 3.17. The number of hydrogen-bond donors (Lipinski definition) is 1. The molecule has 1 amide bonds. The van der Waals surface area contributed by atoms with Crippen LogP contribution in [0.3, 0.4) is 0 Å². The van der Waals surface area contributed by atoms with Gasteiger partial charge in [-0.25, -0.2) is 0 Å². The van der Waals surface area contributed by atoms with Crippen LogP contribution >= 0.6 is 23.2 Å². The Morgan fingerprint density at radius 1 is 1.00 bits per heavy atom. The molecule has 0 bridgehead atoms. The zero-order chi connectivity index (χ0) is 17.8. The van der Waals surface area contributed by atoms with Crippen molar-refractivity contribution in [3.05, 3.63) is 69.7 Å². The number of hydrogen-bond acceptors (Lipinski definition) is 1. The Balaban J connectivity index is 1.75. The van der Waals surface area contributed by atoms with E-state index in [4.69, 9.17) is 23.2 Å². The summed E-state index contributed by atoms with van der Waals surface area (Å²) in [6.07, 6.45) is 3.03. The van der Waals surface area contributed by atoms with Crippen LogP contribution in [0.15, 0.2) is 48.5 Å². The third-order valence-corrected chi connectivity index (χ3v) is 5.49. The smallest absolute Gasteiger partial charge is 0.220 e. The molecule has 0 aliphatic heterocycles. The summed E-state index contributed by atoms with van der Waals surface area (Å²) in [7, 11) is 0. The predicted octanol–water partition coefficient (Wildman–Crippen LogP) is 5.80. The van der Waals surface area contributed by atoms with E-state index in [0.29, 0.717) is 18.9 Å². The third kappa shape index (κ3) is 5.23. The van der Waals surface area contributed by atoms with E-state index in [1.165, 1.54) is 24.0 Å². The van der Waals surface area contributed by atoms with Crippen LogP contribution in [0.1, 0.15) is 49.1 Å². The van der Waals surface area contributed by atoms with Crippen molar-refractivity contribution >= 4 is 29.1 Å². The Labute approximate surface area is 159 Å². The van der Waals surface area contributed by atoms with E-state index in [9.17, 15) is 4.79 Å². The van der Waals surface area contributed by atoms with Crippen LogP contribution < -0.4 is 5.32 Å². The molecule has 1 aliphatic carbocycles. The lowest BCUT2D eigenvalue weighted by Crippen LogP contribution is -2.30. The molecule has 4 heteroatoms. The van der Waals surface area contributed by atoms with Gasteiger partial charge in [0.15, 0.2) is 0 Å². The number of amides is 1. The molecule has 0 radical (unpaired) electrons. The summed E-state index contributed by atoms with van der Waals surface area (Å²) in [5.74, 6) is 1.19. The van der Waals surface area contributed by atoms with Crippen LogP contribution in [0.2, 0.25) is 10.0 Å². The van der Waals surface area contributed by atoms with E-state index in [0.717, 1.165) is 10.0 Å². The standard InChI is InChI=1S/C21H23Cl2NO/c1-14(16-4-8-18(22)9-5-16)20(17-6-10-19(23)11-7-17)13-24-21(25)12-15-2-3-15/h4-11,14-15,20H,2-3,12-13H2,1H3,(H,24,25). The molecule has 2 aromatic rings. The quantitative estimate of drug-likeness (QED) is 0.650. The number of halogens is 2. The lowest BCUT2D eigenvalue weighted by Gasteiger charge is -2.25. The van der Waals surface area contributed by atoms with Crippen molar-refractivity contribution in [2.75, 3.05) is 6.54 Å². The normalized spacial score (nSPS) is 16.3. The summed E-state index contributed by atoms with van der Waals surface area (Å²) in [6, 6.07) is 15.9. The molecular formula is C21H23Cl2NO. The molecule has 1 N–H and O–H groups in total. The van der Waals surface area contributed by atoms with Crippen molar-refractivity contribution in [1.29, 1.82) is 0 Å². The van der Waals surface area contributed by atoms with Crippen LogP contribution in [0.5, 0.6) is 0 Å². The topological polar surface area (TPSA) is 29.1 Å². The fraction of sp³-hybridized carbons (Fsp3) is 0.381. The van der Waals surface area contributed by atoms with Crippen molar-refractivity contribution < 1.29 is 4.79 Å². The van der Waals surface area contributed by atoms with Gasteiger partial charge in [0, 0.05) is 28.9 Å². The zero-order valence-electron chi connectivity index (χ0n) is 14.3. The summed E-state index contributed by atoms with van der Waals surface area (Å²) >= 11 is 12.1. The van der Waals surface area contributed by atoms with E-state index in [-0.39, 0.29) is 17.7 Å². The van der Waals surface area contributed by atoms with Crippen molar-refractivity contribution in [2.45, 2.75) is 38.0 Å². The average Bonchev–Trinajstić information content (AvgIpc) is 3.41. The van der Waals surface area contributed by atoms with Crippen LogP contribution in [0.25, 0.3) is 0 Å². The molecule has 2 aromatic carbocycles. The Bertz CT molecular complexity index is 708. The molecule has 2 unspecified atom stereocenters. The minimum absolute atomic E-state index is 0.157. The number of rotatable bonds is 7. The van der Waals surface area contributed by atoms with Crippen LogP contribution in [0.4, 0.5) is 0 Å². The average molecular weight is 376 g/mol. The summed E-state index contributed by atoms with van der Waals surface area (Å²) < 4.78 is 0. The van der Waals surface area contributed by atoms with Gasteiger partial charge in [0.1, 0.15) is 0 Å². The Kier molecular flexibility index (Phi) is 6.03. The van der Waals surface area contributed by atoms with Gasteiger partial charge in [0.2, 0.25) is 5.91 Å². The second kappa shape index (κ2) is 8.25. The molecular weight excluding hydrogens is 353 g/mol. The minimum Gasteiger partial charge on any atom is -0.355 e. The molecule has 0 aromatic heterocycles. The second-order valence-corrected chi connectivity index (χ2v) is 7.82. The molecule has 0 spiro atoms. The largest absolute Gasteiger partial charge is 0.355 e. The first-order valence-corrected chi connectivity index (χ1v) is 9.56. The minimum atomic E-state index is 0.157.